The third-order valence-corrected chi connectivity index (χ3v) is 7.61. The van der Waals surface area contributed by atoms with E-state index in [-0.39, 0.29) is 28.3 Å². The van der Waals surface area contributed by atoms with Crippen LogP contribution in [0.1, 0.15) is 41.6 Å². The first-order valence-corrected chi connectivity index (χ1v) is 13.4. The van der Waals surface area contributed by atoms with Gasteiger partial charge in [-0.15, -0.1) is 0 Å². The lowest BCUT2D eigenvalue weighted by Gasteiger charge is -2.24. The van der Waals surface area contributed by atoms with Crippen molar-refractivity contribution in [2.75, 3.05) is 13.7 Å². The largest absolute Gasteiger partial charge is 0.497 e. The first-order chi connectivity index (χ1) is 19.2. The van der Waals surface area contributed by atoms with Gasteiger partial charge in [0.25, 0.3) is 5.56 Å². The highest BCUT2D eigenvalue weighted by atomic mass is 35.5. The summed E-state index contributed by atoms with van der Waals surface area (Å²) in [6.45, 7) is 3.61. The molecule has 0 fully saturated rings. The molecule has 4 aromatic rings. The second kappa shape index (κ2) is 11.0. The summed E-state index contributed by atoms with van der Waals surface area (Å²) in [5.41, 5.74) is 1.63. The Bertz CT molecular complexity index is 1870. The van der Waals surface area contributed by atoms with Gasteiger partial charge in [-0.1, -0.05) is 41.1 Å². The zero-order chi connectivity index (χ0) is 28.6. The number of fused-ring (bicyclic) bond motifs is 1. The lowest BCUT2D eigenvalue weighted by Crippen LogP contribution is -2.39. The van der Waals surface area contributed by atoms with Crippen LogP contribution in [0.3, 0.4) is 0 Å². The summed E-state index contributed by atoms with van der Waals surface area (Å²) in [6.07, 6.45) is 1.60. The maximum Gasteiger partial charge on any atom is 0.338 e. The van der Waals surface area contributed by atoms with Crippen LogP contribution in [0.4, 0.5) is 0 Å². The average Bonchev–Trinajstić information content (AvgIpc) is 3.52. The van der Waals surface area contributed by atoms with Crippen molar-refractivity contribution in [2.45, 2.75) is 19.9 Å². The third kappa shape index (κ3) is 4.99. The molecule has 9 nitrogen and oxygen atoms in total. The van der Waals surface area contributed by atoms with E-state index in [1.54, 1.807) is 63.4 Å². The Hall–Kier alpha value is -4.41. The number of methoxy groups -OCH3 is 1. The summed E-state index contributed by atoms with van der Waals surface area (Å²) in [6, 6.07) is 14.3. The molecule has 204 valence electrons. The van der Waals surface area contributed by atoms with Gasteiger partial charge in [0.1, 0.15) is 17.3 Å². The lowest BCUT2D eigenvalue weighted by atomic mass is 9.95. The van der Waals surface area contributed by atoms with E-state index in [0.29, 0.717) is 43.4 Å². The standard InChI is InChI=1S/C29H23ClN2O7S/c1-4-38-28(36)24-15(2)31-29-32(25(24)17-6-5-7-18(12-17)37-3)26(33)23(40-29)14-19-9-11-22(39-19)16-8-10-20(27(34)35)21(30)13-16/h5-14,25H,4H2,1-3H3,(H,34,35)/b23-14-/t25-/m1/s1. The van der Waals surface area contributed by atoms with Crippen molar-refractivity contribution >= 4 is 41.0 Å². The van der Waals surface area contributed by atoms with Crippen molar-refractivity contribution in [3.8, 4) is 17.1 Å². The van der Waals surface area contributed by atoms with E-state index < -0.39 is 18.0 Å². The number of halogens is 1. The second-order valence-electron chi connectivity index (χ2n) is 8.78. The van der Waals surface area contributed by atoms with Crippen molar-refractivity contribution in [1.82, 2.24) is 4.57 Å². The summed E-state index contributed by atoms with van der Waals surface area (Å²) in [4.78, 5) is 43.1. The molecule has 11 heteroatoms. The van der Waals surface area contributed by atoms with Crippen LogP contribution in [0, 0.1) is 0 Å². The van der Waals surface area contributed by atoms with Gasteiger partial charge < -0.3 is 19.0 Å². The van der Waals surface area contributed by atoms with Gasteiger partial charge in [0.05, 0.1) is 46.1 Å². The number of thiazole rings is 1. The number of carbonyl (C=O) groups is 2. The molecule has 0 bridgehead atoms. The molecule has 2 aromatic carbocycles. The Morgan fingerprint density at radius 3 is 2.70 bits per heavy atom. The van der Waals surface area contributed by atoms with Gasteiger partial charge >= 0.3 is 11.9 Å². The van der Waals surface area contributed by atoms with Crippen LogP contribution in [-0.4, -0.2) is 35.3 Å². The smallest absolute Gasteiger partial charge is 0.338 e. The fourth-order valence-corrected chi connectivity index (χ4v) is 5.76. The monoisotopic (exact) mass is 578 g/mol. The fraction of sp³-hybridized carbons (Fsp3) is 0.172. The number of carboxylic acid groups (broad SMARTS) is 1. The molecule has 0 saturated heterocycles. The normalized spacial score (nSPS) is 15.0. The number of carboxylic acids is 1. The van der Waals surface area contributed by atoms with Crippen molar-refractivity contribution in [3.63, 3.8) is 0 Å². The number of aromatic carboxylic acids is 1. The molecule has 0 radical (unpaired) electrons. The molecule has 1 N–H and O–H groups in total. The number of allylic oxidation sites excluding steroid dienone is 1. The van der Waals surface area contributed by atoms with E-state index in [1.807, 2.05) is 6.07 Å². The van der Waals surface area contributed by atoms with Crippen molar-refractivity contribution in [2.24, 2.45) is 4.99 Å². The highest BCUT2D eigenvalue weighted by molar-refractivity contribution is 7.07. The fourth-order valence-electron chi connectivity index (χ4n) is 4.48. The molecule has 5 rings (SSSR count). The quantitative estimate of drug-likeness (QED) is 0.322. The highest BCUT2D eigenvalue weighted by Crippen LogP contribution is 2.32. The summed E-state index contributed by atoms with van der Waals surface area (Å²) in [5.74, 6) is -0.239. The average molecular weight is 579 g/mol. The van der Waals surface area contributed by atoms with Crippen molar-refractivity contribution in [1.29, 1.82) is 0 Å². The molecule has 0 spiro atoms. The molecule has 1 aliphatic heterocycles. The first kappa shape index (κ1) is 27.2. The Morgan fingerprint density at radius 2 is 2.00 bits per heavy atom. The van der Waals surface area contributed by atoms with Gasteiger partial charge in [0.2, 0.25) is 0 Å². The highest BCUT2D eigenvalue weighted by Gasteiger charge is 2.33. The van der Waals surface area contributed by atoms with E-state index in [0.717, 1.165) is 0 Å². The molecule has 0 aliphatic carbocycles. The van der Waals surface area contributed by atoms with E-state index in [1.165, 1.54) is 28.0 Å². The molecule has 2 aromatic heterocycles. The topological polar surface area (TPSA) is 120 Å². The number of hydrogen-bond acceptors (Lipinski definition) is 8. The number of hydrogen-bond donors (Lipinski definition) is 1. The summed E-state index contributed by atoms with van der Waals surface area (Å²) in [7, 11) is 1.55. The Morgan fingerprint density at radius 1 is 1.20 bits per heavy atom. The minimum absolute atomic E-state index is 0.0126. The Labute approximate surface area is 236 Å². The number of aromatic nitrogens is 1. The van der Waals surface area contributed by atoms with Crippen molar-refractivity contribution < 1.29 is 28.6 Å². The maximum absolute atomic E-state index is 13.8. The second-order valence-corrected chi connectivity index (χ2v) is 10.2. The Kier molecular flexibility index (Phi) is 7.46. The number of rotatable bonds is 7. The lowest BCUT2D eigenvalue weighted by molar-refractivity contribution is -0.139. The molecule has 40 heavy (non-hydrogen) atoms. The third-order valence-electron chi connectivity index (χ3n) is 6.31. The number of esters is 1. The summed E-state index contributed by atoms with van der Waals surface area (Å²) >= 11 is 7.28. The van der Waals surface area contributed by atoms with E-state index in [4.69, 9.17) is 25.5 Å². The van der Waals surface area contributed by atoms with Gasteiger partial charge in [-0.2, -0.15) is 0 Å². The molecule has 1 atom stereocenters. The van der Waals surface area contributed by atoms with Crippen LogP contribution >= 0.6 is 22.9 Å². The van der Waals surface area contributed by atoms with Crippen LogP contribution in [0.15, 0.2) is 80.1 Å². The molecule has 3 heterocycles. The number of nitrogens with zero attached hydrogens (tertiary/aromatic N) is 2. The van der Waals surface area contributed by atoms with Crippen molar-refractivity contribution in [3.05, 3.63) is 107 Å². The van der Waals surface area contributed by atoms with E-state index >= 15 is 0 Å². The number of ether oxygens (including phenoxy) is 2. The first-order valence-electron chi connectivity index (χ1n) is 12.2. The zero-order valence-corrected chi connectivity index (χ0v) is 23.2. The number of furan rings is 1. The van der Waals surface area contributed by atoms with Gasteiger partial charge in [0.15, 0.2) is 4.80 Å². The molecular formula is C29H23ClN2O7S. The van der Waals surface area contributed by atoms with Gasteiger partial charge in [-0.3, -0.25) is 9.36 Å². The van der Waals surface area contributed by atoms with Crippen LogP contribution in [-0.2, 0) is 9.53 Å². The maximum atomic E-state index is 13.8. The minimum Gasteiger partial charge on any atom is -0.497 e. The van der Waals surface area contributed by atoms with Gasteiger partial charge in [0, 0.05) is 11.6 Å². The summed E-state index contributed by atoms with van der Waals surface area (Å²) in [5, 5.41) is 9.30. The van der Waals surface area contributed by atoms with Crippen LogP contribution in [0.5, 0.6) is 5.75 Å². The van der Waals surface area contributed by atoms with Gasteiger partial charge in [-0.25, -0.2) is 14.6 Å². The predicted octanol–water partition coefficient (Wildman–Crippen LogP) is 4.42. The van der Waals surface area contributed by atoms with E-state index in [2.05, 4.69) is 4.99 Å². The molecule has 0 amide bonds. The Balaban J connectivity index is 1.61. The number of carbonyl (C=O) groups excluding carboxylic acids is 1. The molecule has 1 aliphatic rings. The summed E-state index contributed by atoms with van der Waals surface area (Å²) < 4.78 is 18.5. The minimum atomic E-state index is -1.12. The van der Waals surface area contributed by atoms with E-state index in [9.17, 15) is 19.5 Å². The van der Waals surface area contributed by atoms with Crippen LogP contribution in [0.25, 0.3) is 17.4 Å². The van der Waals surface area contributed by atoms with Crippen LogP contribution in [0.2, 0.25) is 5.02 Å². The van der Waals surface area contributed by atoms with Gasteiger partial charge in [-0.05, 0) is 55.8 Å². The molecule has 0 unspecified atom stereocenters. The number of benzene rings is 2. The predicted molar refractivity (Wildman–Crippen MR) is 150 cm³/mol. The SMILES string of the molecule is CCOC(=O)C1=C(C)N=c2s/c(=C\c3ccc(-c4ccc(C(=O)O)c(Cl)c4)o3)c(=O)n2[C@@H]1c1cccc(OC)c1. The molecular weight excluding hydrogens is 556 g/mol. The zero-order valence-electron chi connectivity index (χ0n) is 21.6. The molecule has 0 saturated carbocycles. The van der Waals surface area contributed by atoms with Crippen LogP contribution < -0.4 is 19.6 Å².